The average Bonchev–Trinajstić information content (AvgIpc) is 2.95. The zero-order valence-corrected chi connectivity index (χ0v) is 26.2. The standard InChI is InChI=1S/C28H38GeO8Si/c1-8-29(9-2,27(31)23-13-17-25(18-14-23)37-28(32)21(3)4)26(30)22-11-15-24(16-12-22)36-19-10-20-38(33-5,34-6)35-7/h11-18H,3,8-10,19-20H2,1-2,4-7H3. The predicted molar refractivity (Wildman–Crippen MR) is 150 cm³/mol. The normalized spacial score (nSPS) is 11.6. The van der Waals surface area contributed by atoms with Gasteiger partial charge in [-0.25, -0.2) is 0 Å². The van der Waals surface area contributed by atoms with Crippen molar-refractivity contribution >= 4 is 37.3 Å². The van der Waals surface area contributed by atoms with Crippen LogP contribution in [0.3, 0.4) is 0 Å². The van der Waals surface area contributed by atoms with E-state index in [1.807, 2.05) is 13.8 Å². The van der Waals surface area contributed by atoms with Crippen LogP contribution in [-0.4, -0.2) is 65.2 Å². The van der Waals surface area contributed by atoms with Crippen LogP contribution in [0.5, 0.6) is 11.5 Å². The number of ether oxygens (including phenoxy) is 2. The molecule has 2 aromatic carbocycles. The number of carbonyl (C=O) groups excluding carboxylic acids is 3. The Hall–Kier alpha value is -2.57. The third-order valence-electron chi connectivity index (χ3n) is 6.70. The van der Waals surface area contributed by atoms with Crippen molar-refractivity contribution in [1.82, 2.24) is 0 Å². The van der Waals surface area contributed by atoms with E-state index in [2.05, 4.69) is 6.58 Å². The Morgan fingerprint density at radius 1 is 0.789 bits per heavy atom. The second-order valence-electron chi connectivity index (χ2n) is 8.91. The van der Waals surface area contributed by atoms with E-state index in [1.165, 1.54) is 0 Å². The summed E-state index contributed by atoms with van der Waals surface area (Å²) in [7, 11) is 2.09. The van der Waals surface area contributed by atoms with Gasteiger partial charge in [-0.2, -0.15) is 0 Å². The summed E-state index contributed by atoms with van der Waals surface area (Å²) in [6.07, 6.45) is 0.687. The molecule has 0 aliphatic heterocycles. The van der Waals surface area contributed by atoms with Gasteiger partial charge in [-0.3, -0.25) is 0 Å². The number of carbonyl (C=O) groups is 3. The van der Waals surface area contributed by atoms with Crippen molar-refractivity contribution in [3.8, 4) is 11.5 Å². The van der Waals surface area contributed by atoms with E-state index in [4.69, 9.17) is 22.8 Å². The van der Waals surface area contributed by atoms with E-state index in [0.717, 1.165) is 0 Å². The van der Waals surface area contributed by atoms with Gasteiger partial charge < -0.3 is 0 Å². The first-order valence-electron chi connectivity index (χ1n) is 12.6. The van der Waals surface area contributed by atoms with Crippen molar-refractivity contribution in [2.75, 3.05) is 27.9 Å². The summed E-state index contributed by atoms with van der Waals surface area (Å²) in [4.78, 5) is 39.1. The summed E-state index contributed by atoms with van der Waals surface area (Å²) < 4.78 is 27.2. The first-order valence-corrected chi connectivity index (χ1v) is 19.6. The molecule has 0 aliphatic rings. The summed E-state index contributed by atoms with van der Waals surface area (Å²) in [6.45, 7) is 9.41. The van der Waals surface area contributed by atoms with Crippen LogP contribution >= 0.6 is 0 Å². The number of rotatable bonds is 16. The van der Waals surface area contributed by atoms with Crippen LogP contribution < -0.4 is 9.47 Å². The molecule has 0 saturated carbocycles. The second kappa shape index (κ2) is 14.5. The summed E-state index contributed by atoms with van der Waals surface area (Å²) in [5.74, 6) is 0.427. The van der Waals surface area contributed by atoms with Crippen molar-refractivity contribution in [3.05, 3.63) is 71.8 Å². The summed E-state index contributed by atoms with van der Waals surface area (Å²) in [5.41, 5.74) is 1.26. The number of hydrogen-bond acceptors (Lipinski definition) is 8. The molecule has 2 rings (SSSR count). The van der Waals surface area contributed by atoms with Gasteiger partial charge in [-0.05, 0) is 0 Å². The van der Waals surface area contributed by atoms with Crippen LogP contribution in [0.1, 0.15) is 47.9 Å². The van der Waals surface area contributed by atoms with Crippen molar-refractivity contribution in [3.63, 3.8) is 0 Å². The molecule has 8 nitrogen and oxygen atoms in total. The van der Waals surface area contributed by atoms with Crippen molar-refractivity contribution in [1.29, 1.82) is 0 Å². The molecule has 38 heavy (non-hydrogen) atoms. The number of hydrogen-bond donors (Lipinski definition) is 0. The molecule has 0 radical (unpaired) electrons. The molecule has 0 amide bonds. The predicted octanol–water partition coefficient (Wildman–Crippen LogP) is 5.45. The summed E-state index contributed by atoms with van der Waals surface area (Å²) >= 11 is -3.70. The molecule has 0 atom stereocenters. The molecule has 0 heterocycles. The third-order valence-corrected chi connectivity index (χ3v) is 19.5. The topological polar surface area (TPSA) is 97.4 Å². The van der Waals surface area contributed by atoms with Crippen molar-refractivity contribution in [2.45, 2.75) is 43.7 Å². The van der Waals surface area contributed by atoms with Gasteiger partial charge in [0.1, 0.15) is 0 Å². The maximum absolute atomic E-state index is 13.7. The molecule has 0 aliphatic carbocycles. The first-order chi connectivity index (χ1) is 18.1. The van der Waals surface area contributed by atoms with E-state index < -0.39 is 28.0 Å². The van der Waals surface area contributed by atoms with Gasteiger partial charge in [0, 0.05) is 0 Å². The van der Waals surface area contributed by atoms with Gasteiger partial charge in [0.2, 0.25) is 0 Å². The Balaban J connectivity index is 2.11. The van der Waals surface area contributed by atoms with Gasteiger partial charge in [0.15, 0.2) is 0 Å². The van der Waals surface area contributed by atoms with Crippen LogP contribution in [0.15, 0.2) is 60.7 Å². The Bertz CT molecular complexity index is 1100. The molecule has 0 unspecified atom stereocenters. The SMILES string of the molecule is C=C(C)C(=O)Oc1ccc([C](=O)[Ge]([CH2]C)([CH2]C)[C](=O)c2ccc(OCCC[Si](OC)(OC)OC)cc2)cc1. The van der Waals surface area contributed by atoms with Gasteiger partial charge >= 0.3 is 229 Å². The Morgan fingerprint density at radius 3 is 1.63 bits per heavy atom. The zero-order valence-electron chi connectivity index (χ0n) is 23.1. The third kappa shape index (κ3) is 7.51. The summed E-state index contributed by atoms with van der Waals surface area (Å²) in [5, 5.41) is 1.06. The molecule has 2 aromatic rings. The van der Waals surface area contributed by atoms with Gasteiger partial charge in [-0.15, -0.1) is 0 Å². The van der Waals surface area contributed by atoms with E-state index >= 15 is 0 Å². The maximum atomic E-state index is 13.7. The molecule has 0 bridgehead atoms. The minimum atomic E-state index is -3.70. The first kappa shape index (κ1) is 31.6. The minimum absolute atomic E-state index is 0.0552. The molecule has 0 aromatic heterocycles. The Kier molecular flexibility index (Phi) is 12.1. The van der Waals surface area contributed by atoms with Gasteiger partial charge in [0.05, 0.1) is 0 Å². The van der Waals surface area contributed by atoms with Crippen LogP contribution in [0, 0.1) is 0 Å². The summed E-state index contributed by atoms with van der Waals surface area (Å²) in [6, 6.07) is 14.0. The quantitative estimate of drug-likeness (QED) is 0.0823. The fourth-order valence-electron chi connectivity index (χ4n) is 4.15. The van der Waals surface area contributed by atoms with Crippen LogP contribution in [0.25, 0.3) is 0 Å². The van der Waals surface area contributed by atoms with Gasteiger partial charge in [0.25, 0.3) is 0 Å². The molecular weight excluding hydrogens is 565 g/mol. The molecule has 0 spiro atoms. The van der Waals surface area contributed by atoms with E-state index in [1.54, 1.807) is 76.8 Å². The van der Waals surface area contributed by atoms with E-state index in [9.17, 15) is 14.4 Å². The van der Waals surface area contributed by atoms with Crippen LogP contribution in [0.4, 0.5) is 0 Å². The molecule has 0 N–H and O–H groups in total. The van der Waals surface area contributed by atoms with Crippen LogP contribution in [0.2, 0.25) is 16.6 Å². The second-order valence-corrected chi connectivity index (χ2v) is 21.4. The molecular formula is C28H38GeO8Si. The molecule has 0 fully saturated rings. The van der Waals surface area contributed by atoms with E-state index in [-0.39, 0.29) is 14.8 Å². The molecule has 10 heteroatoms. The van der Waals surface area contributed by atoms with E-state index in [0.29, 0.717) is 52.2 Å². The van der Waals surface area contributed by atoms with Crippen molar-refractivity contribution < 1.29 is 37.1 Å². The fourth-order valence-corrected chi connectivity index (χ4v) is 13.0. The number of benzene rings is 2. The monoisotopic (exact) mass is 604 g/mol. The van der Waals surface area contributed by atoms with Crippen molar-refractivity contribution in [2.24, 2.45) is 0 Å². The Labute approximate surface area is 229 Å². The fraction of sp³-hybridized carbons (Fsp3) is 0.393. The zero-order chi connectivity index (χ0) is 28.3. The van der Waals surface area contributed by atoms with Crippen LogP contribution in [-0.2, 0) is 18.1 Å². The molecule has 206 valence electrons. The number of esters is 1. The Morgan fingerprint density at radius 2 is 1.24 bits per heavy atom. The molecule has 0 saturated heterocycles. The average molecular weight is 603 g/mol. The van der Waals surface area contributed by atoms with Gasteiger partial charge in [-0.1, -0.05) is 0 Å².